The summed E-state index contributed by atoms with van der Waals surface area (Å²) in [7, 11) is -2.80. The van der Waals surface area contributed by atoms with Gasteiger partial charge in [0.15, 0.2) is 31.9 Å². The Labute approximate surface area is 537 Å². The lowest BCUT2D eigenvalue weighted by Crippen LogP contribution is -2.90. The average molecular weight is 1260 g/mol. The van der Waals surface area contributed by atoms with Crippen LogP contribution in [0.4, 0.5) is 0 Å². The molecule has 3 saturated carbocycles. The van der Waals surface area contributed by atoms with Crippen molar-refractivity contribution >= 4 is 49.9 Å². The highest BCUT2D eigenvalue weighted by molar-refractivity contribution is 6.73. The zero-order chi connectivity index (χ0) is 65.6. The molecule has 0 radical (unpaired) electrons. The van der Waals surface area contributed by atoms with Crippen LogP contribution in [-0.2, 0) is 56.8 Å². The highest BCUT2D eigenvalue weighted by Crippen LogP contribution is 2.78. The smallest absolute Gasteiger partial charge is 0.338 e. The summed E-state index contributed by atoms with van der Waals surface area (Å²) in [6.07, 6.45) is 22.2. The van der Waals surface area contributed by atoms with Gasteiger partial charge in [0, 0.05) is 38.7 Å². The zero-order valence-electron chi connectivity index (χ0n) is 54.2. The minimum absolute atomic E-state index is 0.0813. The summed E-state index contributed by atoms with van der Waals surface area (Å²) < 4.78 is 46.0. The van der Waals surface area contributed by atoms with Gasteiger partial charge in [0.05, 0.1) is 35.0 Å². The van der Waals surface area contributed by atoms with Crippen molar-refractivity contribution in [2.45, 2.75) is 198 Å². The van der Waals surface area contributed by atoms with Crippen LogP contribution in [-0.4, -0.2) is 109 Å². The fourth-order valence-electron chi connectivity index (χ4n) is 14.6. The van der Waals surface area contributed by atoms with Crippen LogP contribution in [0.1, 0.15) is 159 Å². The Morgan fingerprint density at radius 2 is 1.21 bits per heavy atom. The number of carbonyl (C=O) groups excluding carboxylic acids is 7. The summed E-state index contributed by atoms with van der Waals surface area (Å²) in [6, 6.07) is 26.3. The van der Waals surface area contributed by atoms with E-state index in [0.29, 0.717) is 35.7 Å². The summed E-state index contributed by atoms with van der Waals surface area (Å²) in [4.78, 5) is 103. The van der Waals surface area contributed by atoms with E-state index in [4.69, 9.17) is 32.8 Å². The van der Waals surface area contributed by atoms with Gasteiger partial charge in [-0.25, -0.2) is 9.59 Å². The minimum Gasteiger partial charge on any atom is -0.461 e. The van der Waals surface area contributed by atoms with Crippen molar-refractivity contribution in [3.8, 4) is 0 Å². The zero-order valence-corrected chi connectivity index (χ0v) is 55.2. The highest BCUT2D eigenvalue weighted by Gasteiger charge is 2.90. The molecule has 3 aromatic carbocycles. The quantitative estimate of drug-likeness (QED) is 0.0275. The molecule has 3 unspecified atom stereocenters. The lowest BCUT2D eigenvalue weighted by Gasteiger charge is -2.78. The predicted molar refractivity (Wildman–Crippen MR) is 348 cm³/mol. The molecule has 3 aromatic rings. The number of benzene rings is 3. The first-order chi connectivity index (χ1) is 43.7. The van der Waals surface area contributed by atoms with Crippen molar-refractivity contribution in [2.24, 2.45) is 16.7 Å². The van der Waals surface area contributed by atoms with Crippen molar-refractivity contribution in [3.63, 3.8) is 0 Å². The van der Waals surface area contributed by atoms with Crippen LogP contribution >= 0.6 is 0 Å². The number of Topliss-reactive ketones (excluding diaryl/α,β-unsaturated/α-hetero) is 1. The number of rotatable bonds is 30. The van der Waals surface area contributed by atoms with E-state index in [1.54, 1.807) is 86.6 Å². The Morgan fingerprint density at radius 3 is 1.71 bits per heavy atom. The Balaban J connectivity index is 1.14. The number of allylic oxidation sites excluding steroid dienone is 12. The number of hydrogen-bond acceptors (Lipinski definition) is 15. The average Bonchev–Trinajstić information content (AvgIpc) is 0.622. The molecule has 0 aromatic heterocycles. The van der Waals surface area contributed by atoms with Crippen molar-refractivity contribution in [1.29, 1.82) is 0 Å². The number of ether oxygens (including phenoxy) is 6. The maximum absolute atomic E-state index is 16.5. The topological polar surface area (TPSA) is 216 Å². The Bertz CT molecular complexity index is 3310. The van der Waals surface area contributed by atoms with E-state index in [2.05, 4.69) is 66.9 Å². The summed E-state index contributed by atoms with van der Waals surface area (Å²) in [6.45, 7) is 14.9. The van der Waals surface area contributed by atoms with Gasteiger partial charge < -0.3 is 43.3 Å². The molecule has 1 heterocycles. The fraction of sp³-hybridized carbons (Fsp3) is 0.473. The second kappa shape index (κ2) is 30.2. The first kappa shape index (κ1) is 69.3. The van der Waals surface area contributed by atoms with Gasteiger partial charge in [0.1, 0.15) is 29.5 Å². The SMILES string of the molecule is CC/C=C\C/C=C\C/C=C\C/C=C\C/C=C\C/C=C\CCC(=O)O[C@H]1C[C@H]2OC[C@@]2(OC(C)=O)[C@H]2[C@H](OC(=O)c3ccccc3)[C@]3(O)CC4(OC(=O)[C@H](O[Si](CC)(CC)CC)C(NC(=O)c5ccccc5)c5ccccc5)C(C)=C([C@@H](OC(C)=O)C(=O)[C@]12C)C43C. The van der Waals surface area contributed by atoms with Gasteiger partial charge in [0.2, 0.25) is 0 Å². The molecule has 17 heteroatoms. The molecule has 12 atom stereocenters. The van der Waals surface area contributed by atoms with E-state index in [9.17, 15) is 29.1 Å². The van der Waals surface area contributed by atoms with Crippen molar-refractivity contribution in [1.82, 2.24) is 5.32 Å². The second-order valence-corrected chi connectivity index (χ2v) is 29.6. The third-order valence-electron chi connectivity index (χ3n) is 19.7. The van der Waals surface area contributed by atoms with E-state index in [1.807, 2.05) is 45.1 Å². The maximum atomic E-state index is 16.5. The highest BCUT2D eigenvalue weighted by atomic mass is 28.4. The molecule has 1 amide bonds. The van der Waals surface area contributed by atoms with Gasteiger partial charge in [-0.15, -0.1) is 0 Å². The van der Waals surface area contributed by atoms with Crippen LogP contribution in [0.15, 0.2) is 175 Å². The van der Waals surface area contributed by atoms with Crippen LogP contribution in [0.25, 0.3) is 0 Å². The standard InChI is InChI=1S/C74H91NO15Si/c1-10-14-15-16-17-18-19-20-21-22-23-24-25-26-27-28-29-30-40-47-59(78)86-57-48-58-72(50-84-58,88-53(7)77)64-66(87-68(81)56-45-38-33-39-46-56)73(83)49-74(51(5)60(71(73,74)9)62(85-52(6)76)65(79)70(57,64)8)89-69(82)63(90-91(11-2,12-3)13-4)61(54-41-34-31-35-42-54)75-67(80)55-43-36-32-37-44-55/h14-15,17-18,20-21,23-24,26-27,29-39,41-46,57-58,61-64,66,83H,10-13,16,19,22,25,28,40,47-50H2,1-9H3,(H,75,80)/b15-14-,18-17-,21-20-,24-23-,27-26-,30-29-/t57-,58+,61?,62+,63+,64-,66-,70+,71?,72-,73+,74?/m0/s1. The Morgan fingerprint density at radius 1 is 0.681 bits per heavy atom. The number of esters is 5. The van der Waals surface area contributed by atoms with Gasteiger partial charge in [-0.1, -0.05) is 167 Å². The molecule has 91 heavy (non-hydrogen) atoms. The first-order valence-electron chi connectivity index (χ1n) is 32.3. The van der Waals surface area contributed by atoms with E-state index in [-0.39, 0.29) is 42.6 Å². The molecular formula is C74H91NO15Si. The third kappa shape index (κ3) is 14.0. The van der Waals surface area contributed by atoms with Crippen LogP contribution in [0, 0.1) is 16.7 Å². The number of aliphatic hydroxyl groups is 1. The molecule has 486 valence electrons. The number of ketones is 1. The molecule has 16 nitrogen and oxygen atoms in total. The molecule has 1 saturated heterocycles. The van der Waals surface area contributed by atoms with Gasteiger partial charge in [0.25, 0.3) is 5.91 Å². The summed E-state index contributed by atoms with van der Waals surface area (Å²) in [5.74, 6) is -6.99. The first-order valence-corrected chi connectivity index (χ1v) is 34.8. The predicted octanol–water partition coefficient (Wildman–Crippen LogP) is 13.2. The van der Waals surface area contributed by atoms with Crippen molar-refractivity contribution in [3.05, 3.63) is 192 Å². The van der Waals surface area contributed by atoms with Gasteiger partial charge in [-0.2, -0.15) is 0 Å². The monoisotopic (exact) mass is 1260 g/mol. The van der Waals surface area contributed by atoms with E-state index in [1.165, 1.54) is 26.0 Å². The maximum Gasteiger partial charge on any atom is 0.338 e. The van der Waals surface area contributed by atoms with Gasteiger partial charge >= 0.3 is 29.8 Å². The molecule has 4 fully saturated rings. The molecule has 2 N–H and O–H groups in total. The van der Waals surface area contributed by atoms with E-state index >= 15 is 9.59 Å². The van der Waals surface area contributed by atoms with Gasteiger partial charge in [-0.05, 0) is 125 Å². The number of fused-ring (bicyclic) bond motifs is 3. The Hall–Kier alpha value is -7.57. The lowest BCUT2D eigenvalue weighted by molar-refractivity contribution is -0.376. The molecule has 8 rings (SSSR count). The molecular weight excluding hydrogens is 1170 g/mol. The molecule has 1 aliphatic heterocycles. The number of hydrogen-bond donors (Lipinski definition) is 2. The lowest BCUT2D eigenvalue weighted by atomic mass is 9.30. The van der Waals surface area contributed by atoms with Crippen LogP contribution in [0.3, 0.4) is 0 Å². The third-order valence-corrected chi connectivity index (χ3v) is 24.3. The van der Waals surface area contributed by atoms with Crippen LogP contribution in [0.2, 0.25) is 18.1 Å². The summed E-state index contributed by atoms with van der Waals surface area (Å²) >= 11 is 0. The largest absolute Gasteiger partial charge is 0.461 e. The summed E-state index contributed by atoms with van der Waals surface area (Å²) in [5.41, 5.74) is -8.66. The number of nitrogens with one attached hydrogen (secondary N) is 1. The van der Waals surface area contributed by atoms with Crippen molar-refractivity contribution in [2.75, 3.05) is 6.61 Å². The van der Waals surface area contributed by atoms with Crippen LogP contribution in [0.5, 0.6) is 0 Å². The van der Waals surface area contributed by atoms with E-state index in [0.717, 1.165) is 39.0 Å². The van der Waals surface area contributed by atoms with Crippen LogP contribution < -0.4 is 5.32 Å². The van der Waals surface area contributed by atoms with Gasteiger partial charge in [-0.3, -0.25) is 24.0 Å². The Kier molecular flexibility index (Phi) is 23.0. The molecule has 0 spiro atoms. The minimum atomic E-state index is -2.80. The molecule has 4 aliphatic carbocycles. The number of carbonyl (C=O) groups is 7. The summed E-state index contributed by atoms with van der Waals surface area (Å²) in [5, 5.41) is 17.3. The molecule has 0 bridgehead atoms. The van der Waals surface area contributed by atoms with Crippen molar-refractivity contribution < 1.29 is 71.5 Å². The normalized spacial score (nSPS) is 28.2. The number of amides is 1. The fourth-order valence-corrected chi connectivity index (χ4v) is 17.4. The second-order valence-electron chi connectivity index (χ2n) is 24.8. The molecule has 5 aliphatic rings. The van der Waals surface area contributed by atoms with E-state index < -0.39 is 126 Å².